The molecule has 2 rings (SSSR count). The third-order valence-electron chi connectivity index (χ3n) is 4.64. The van der Waals surface area contributed by atoms with Crippen LogP contribution in [0.1, 0.15) is 61.4 Å². The van der Waals surface area contributed by atoms with Gasteiger partial charge in [-0.1, -0.05) is 69.4 Å². The lowest BCUT2D eigenvalue weighted by Gasteiger charge is -2.13. The monoisotopic (exact) mass is 400 g/mol. The van der Waals surface area contributed by atoms with E-state index in [-0.39, 0.29) is 30.3 Å². The highest BCUT2D eigenvalue weighted by atomic mass is 16.5. The number of aliphatic hydroxyl groups excluding tert-OH is 1. The van der Waals surface area contributed by atoms with E-state index in [2.05, 4.69) is 6.92 Å². The van der Waals surface area contributed by atoms with Gasteiger partial charge in [-0.2, -0.15) is 0 Å². The molecular formula is C24H32O5. The van der Waals surface area contributed by atoms with Gasteiger partial charge in [0.2, 0.25) is 0 Å². The average Bonchev–Trinajstić information content (AvgIpc) is 2.74. The maximum atomic E-state index is 12.4. The molecule has 5 heteroatoms. The fourth-order valence-corrected chi connectivity index (χ4v) is 2.98. The summed E-state index contributed by atoms with van der Waals surface area (Å²) in [5.74, 6) is -0.00923. The van der Waals surface area contributed by atoms with Crippen LogP contribution in [-0.2, 0) is 4.74 Å². The SMILES string of the molecule is CCCCCCCCOCC(O)COc1ccc(C(=O)c2ccccc2)c(O)c1. The fourth-order valence-electron chi connectivity index (χ4n) is 2.98. The van der Waals surface area contributed by atoms with Crippen molar-refractivity contribution in [1.29, 1.82) is 0 Å². The van der Waals surface area contributed by atoms with Crippen LogP contribution in [-0.4, -0.2) is 41.9 Å². The molecule has 0 aliphatic carbocycles. The summed E-state index contributed by atoms with van der Waals surface area (Å²) in [7, 11) is 0. The van der Waals surface area contributed by atoms with Crippen LogP contribution >= 0.6 is 0 Å². The van der Waals surface area contributed by atoms with Gasteiger partial charge in [-0.15, -0.1) is 0 Å². The number of ether oxygens (including phenoxy) is 2. The minimum Gasteiger partial charge on any atom is -0.507 e. The summed E-state index contributed by atoms with van der Waals surface area (Å²) in [6.07, 6.45) is 6.44. The molecule has 1 unspecified atom stereocenters. The summed E-state index contributed by atoms with van der Waals surface area (Å²) < 4.78 is 11.0. The standard InChI is InChI=1S/C24H32O5/c1-2-3-4-5-6-10-15-28-17-20(25)18-29-21-13-14-22(23(26)16-21)24(27)19-11-8-7-9-12-19/h7-9,11-14,16,20,25-26H,2-6,10,15,17-18H2,1H3. The number of rotatable bonds is 14. The first-order valence-corrected chi connectivity index (χ1v) is 10.4. The lowest BCUT2D eigenvalue weighted by molar-refractivity contribution is 0.0109. The average molecular weight is 401 g/mol. The smallest absolute Gasteiger partial charge is 0.196 e. The number of hydrogen-bond acceptors (Lipinski definition) is 5. The molecule has 0 aliphatic heterocycles. The third-order valence-corrected chi connectivity index (χ3v) is 4.64. The van der Waals surface area contributed by atoms with Crippen LogP contribution in [0.2, 0.25) is 0 Å². The molecule has 0 fully saturated rings. The Morgan fingerprint density at radius 1 is 0.966 bits per heavy atom. The number of phenols is 1. The second kappa shape index (κ2) is 13.0. The number of unbranched alkanes of at least 4 members (excludes halogenated alkanes) is 5. The predicted molar refractivity (Wildman–Crippen MR) is 114 cm³/mol. The molecule has 0 radical (unpaired) electrons. The van der Waals surface area contributed by atoms with Gasteiger partial charge in [0, 0.05) is 18.2 Å². The summed E-state index contributed by atoms with van der Waals surface area (Å²) in [5.41, 5.74) is 0.723. The van der Waals surface area contributed by atoms with Crippen LogP contribution in [0, 0.1) is 0 Å². The van der Waals surface area contributed by atoms with Gasteiger partial charge >= 0.3 is 0 Å². The van der Waals surface area contributed by atoms with Gasteiger partial charge in [-0.25, -0.2) is 0 Å². The number of carbonyl (C=O) groups excluding carboxylic acids is 1. The Morgan fingerprint density at radius 3 is 2.41 bits per heavy atom. The highest BCUT2D eigenvalue weighted by Gasteiger charge is 2.14. The molecular weight excluding hydrogens is 368 g/mol. The molecule has 0 bridgehead atoms. The van der Waals surface area contributed by atoms with Gasteiger partial charge in [0.15, 0.2) is 5.78 Å². The molecule has 0 amide bonds. The normalized spacial score (nSPS) is 11.9. The van der Waals surface area contributed by atoms with Gasteiger partial charge in [-0.05, 0) is 18.6 Å². The van der Waals surface area contributed by atoms with Crippen LogP contribution in [0.4, 0.5) is 0 Å². The molecule has 29 heavy (non-hydrogen) atoms. The number of ketones is 1. The van der Waals surface area contributed by atoms with E-state index >= 15 is 0 Å². The van der Waals surface area contributed by atoms with E-state index in [1.54, 1.807) is 30.3 Å². The third kappa shape index (κ3) is 8.26. The van der Waals surface area contributed by atoms with E-state index in [1.165, 1.54) is 37.8 Å². The zero-order chi connectivity index (χ0) is 20.9. The van der Waals surface area contributed by atoms with Crippen LogP contribution in [0.5, 0.6) is 11.5 Å². The summed E-state index contributed by atoms with van der Waals surface area (Å²) in [5, 5.41) is 20.2. The second-order valence-corrected chi connectivity index (χ2v) is 7.18. The van der Waals surface area contributed by atoms with Gasteiger partial charge in [0.05, 0.1) is 12.2 Å². The summed E-state index contributed by atoms with van der Waals surface area (Å²) in [6.45, 7) is 3.11. The minimum atomic E-state index is -0.747. The largest absolute Gasteiger partial charge is 0.507 e. The van der Waals surface area contributed by atoms with Crippen LogP contribution < -0.4 is 4.74 Å². The highest BCUT2D eigenvalue weighted by molar-refractivity contribution is 6.10. The van der Waals surface area contributed by atoms with Gasteiger partial charge < -0.3 is 19.7 Å². The van der Waals surface area contributed by atoms with Gasteiger partial charge in [0.25, 0.3) is 0 Å². The number of aromatic hydroxyl groups is 1. The van der Waals surface area contributed by atoms with E-state index in [9.17, 15) is 15.0 Å². The maximum Gasteiger partial charge on any atom is 0.196 e. The van der Waals surface area contributed by atoms with Crippen LogP contribution in [0.3, 0.4) is 0 Å². The molecule has 2 aromatic carbocycles. The molecule has 2 N–H and O–H groups in total. The maximum absolute atomic E-state index is 12.4. The van der Waals surface area contributed by atoms with Crippen LogP contribution in [0.25, 0.3) is 0 Å². The molecule has 0 saturated heterocycles. The summed E-state index contributed by atoms with van der Waals surface area (Å²) in [4.78, 5) is 12.4. The first-order valence-electron chi connectivity index (χ1n) is 10.4. The van der Waals surface area contributed by atoms with Crippen molar-refractivity contribution in [1.82, 2.24) is 0 Å². The van der Waals surface area contributed by atoms with E-state index in [1.807, 2.05) is 6.07 Å². The van der Waals surface area contributed by atoms with Crippen molar-refractivity contribution in [3.63, 3.8) is 0 Å². The Morgan fingerprint density at radius 2 is 1.69 bits per heavy atom. The molecule has 0 spiro atoms. The van der Waals surface area contributed by atoms with Crippen molar-refractivity contribution in [3.8, 4) is 11.5 Å². The molecule has 0 saturated carbocycles. The fraction of sp³-hybridized carbons (Fsp3) is 0.458. The van der Waals surface area contributed by atoms with Crippen molar-refractivity contribution in [3.05, 3.63) is 59.7 Å². The molecule has 0 aliphatic rings. The van der Waals surface area contributed by atoms with Crippen LogP contribution in [0.15, 0.2) is 48.5 Å². The molecule has 0 aromatic heterocycles. The zero-order valence-corrected chi connectivity index (χ0v) is 17.2. The number of benzene rings is 2. The van der Waals surface area contributed by atoms with Gasteiger partial charge in [-0.3, -0.25) is 4.79 Å². The summed E-state index contributed by atoms with van der Waals surface area (Å²) in [6, 6.07) is 13.3. The van der Waals surface area contributed by atoms with E-state index < -0.39 is 6.10 Å². The zero-order valence-electron chi connectivity index (χ0n) is 17.2. The summed E-state index contributed by atoms with van der Waals surface area (Å²) >= 11 is 0. The van der Waals surface area contributed by atoms with E-state index in [4.69, 9.17) is 9.47 Å². The Kier molecular flexibility index (Phi) is 10.2. The Bertz CT molecular complexity index is 729. The predicted octanol–water partition coefficient (Wildman–Crippen LogP) is 4.74. The molecule has 5 nitrogen and oxygen atoms in total. The molecule has 2 aromatic rings. The topological polar surface area (TPSA) is 76.0 Å². The Hall–Kier alpha value is -2.37. The van der Waals surface area contributed by atoms with E-state index in [0.717, 1.165) is 12.8 Å². The quantitative estimate of drug-likeness (QED) is 0.354. The highest BCUT2D eigenvalue weighted by Crippen LogP contribution is 2.26. The number of phenolic OH excluding ortho intramolecular Hbond substituents is 1. The number of hydrogen-bond donors (Lipinski definition) is 2. The first kappa shape index (κ1) is 22.9. The van der Waals surface area contributed by atoms with Crippen molar-refractivity contribution in [2.24, 2.45) is 0 Å². The lowest BCUT2D eigenvalue weighted by atomic mass is 10.0. The van der Waals surface area contributed by atoms with Gasteiger partial charge in [0.1, 0.15) is 24.2 Å². The molecule has 0 heterocycles. The first-order chi connectivity index (χ1) is 14.1. The van der Waals surface area contributed by atoms with Crippen molar-refractivity contribution >= 4 is 5.78 Å². The lowest BCUT2D eigenvalue weighted by Crippen LogP contribution is -2.23. The van der Waals surface area contributed by atoms with Crippen molar-refractivity contribution < 1.29 is 24.5 Å². The number of aliphatic hydroxyl groups is 1. The Balaban J connectivity index is 1.70. The minimum absolute atomic E-state index is 0.0575. The Labute approximate surface area is 173 Å². The second-order valence-electron chi connectivity index (χ2n) is 7.18. The molecule has 158 valence electrons. The van der Waals surface area contributed by atoms with Crippen molar-refractivity contribution in [2.75, 3.05) is 19.8 Å². The number of carbonyl (C=O) groups is 1. The van der Waals surface area contributed by atoms with Crippen molar-refractivity contribution in [2.45, 2.75) is 51.6 Å². The van der Waals surface area contributed by atoms with E-state index in [0.29, 0.717) is 17.9 Å². The molecule has 1 atom stereocenters.